The first-order valence-corrected chi connectivity index (χ1v) is 17.0. The molecule has 0 saturated carbocycles. The topological polar surface area (TPSA) is 90.4 Å². The number of thioether (sulfide) groups is 1. The summed E-state index contributed by atoms with van der Waals surface area (Å²) in [6, 6.07) is 6.84. The number of aliphatic hydroxyl groups is 1. The fourth-order valence-corrected chi connectivity index (χ4v) is 10.0. The highest BCUT2D eigenvalue weighted by atomic mass is 32.2. The number of nitrogens with zero attached hydrogens (tertiary/aromatic N) is 3. The normalized spacial score (nSPS) is 28.6. The summed E-state index contributed by atoms with van der Waals surface area (Å²) in [5, 5.41) is 9.15. The van der Waals surface area contributed by atoms with Gasteiger partial charge in [0.15, 0.2) is 0 Å². The Hall–Kier alpha value is -2.78. The van der Waals surface area contributed by atoms with Crippen molar-refractivity contribution < 1.29 is 24.2 Å². The Labute approximate surface area is 266 Å². The van der Waals surface area contributed by atoms with E-state index in [0.29, 0.717) is 39.1 Å². The fourth-order valence-electron chi connectivity index (χ4n) is 8.01. The molecule has 8 nitrogen and oxygen atoms in total. The number of benzene rings is 1. The maximum Gasteiger partial charge on any atom is 0.247 e. The van der Waals surface area contributed by atoms with Crippen LogP contribution in [0.4, 0.5) is 5.69 Å². The molecule has 4 aliphatic heterocycles. The lowest BCUT2D eigenvalue weighted by Crippen LogP contribution is -2.58. The number of hydrogen-bond acceptors (Lipinski definition) is 6. The van der Waals surface area contributed by atoms with Crippen LogP contribution in [-0.4, -0.2) is 87.1 Å². The van der Waals surface area contributed by atoms with Crippen molar-refractivity contribution in [1.29, 1.82) is 0 Å². The van der Waals surface area contributed by atoms with Gasteiger partial charge in [-0.05, 0) is 76.1 Å². The zero-order chi connectivity index (χ0) is 31.9. The molecule has 0 aliphatic carbocycles. The summed E-state index contributed by atoms with van der Waals surface area (Å²) in [6.07, 6.45) is 11.2. The van der Waals surface area contributed by atoms with Crippen LogP contribution in [0, 0.1) is 17.3 Å². The van der Waals surface area contributed by atoms with Crippen molar-refractivity contribution >= 4 is 35.2 Å². The van der Waals surface area contributed by atoms with E-state index in [2.05, 4.69) is 52.8 Å². The number of aliphatic hydroxyl groups excluding tert-OH is 1. The molecule has 240 valence electrons. The third-order valence-corrected chi connectivity index (χ3v) is 11.1. The third-order valence-electron chi connectivity index (χ3n) is 9.37. The Kier molecular flexibility index (Phi) is 9.30. The Balaban J connectivity index is 1.53. The van der Waals surface area contributed by atoms with Gasteiger partial charge in [0.2, 0.25) is 17.7 Å². The molecule has 5 rings (SSSR count). The van der Waals surface area contributed by atoms with Crippen LogP contribution >= 0.6 is 11.8 Å². The molecule has 0 radical (unpaired) electrons. The lowest BCUT2D eigenvalue weighted by atomic mass is 9.77. The van der Waals surface area contributed by atoms with Crippen LogP contribution in [0.2, 0.25) is 0 Å². The number of carbonyl (C=O) groups excluding carboxylic acids is 3. The average molecular weight is 624 g/mol. The van der Waals surface area contributed by atoms with Gasteiger partial charge in [-0.1, -0.05) is 45.1 Å². The van der Waals surface area contributed by atoms with E-state index in [9.17, 15) is 19.5 Å². The molecule has 1 aromatic carbocycles. The summed E-state index contributed by atoms with van der Waals surface area (Å²) < 4.78 is 4.77. The lowest BCUT2D eigenvalue weighted by molar-refractivity contribution is -0.146. The Morgan fingerprint density at radius 1 is 0.955 bits per heavy atom. The van der Waals surface area contributed by atoms with Crippen LogP contribution in [0.15, 0.2) is 48.6 Å². The fraction of sp³-hybridized carbons (Fsp3) is 0.629. The van der Waals surface area contributed by atoms with Gasteiger partial charge < -0.3 is 24.5 Å². The molecule has 1 spiro atoms. The minimum Gasteiger partial charge on any atom is -0.494 e. The maximum atomic E-state index is 14.8. The monoisotopic (exact) mass is 623 g/mol. The van der Waals surface area contributed by atoms with Crippen LogP contribution in [0.3, 0.4) is 0 Å². The summed E-state index contributed by atoms with van der Waals surface area (Å²) in [4.78, 5) is 49.3. The van der Waals surface area contributed by atoms with Crippen LogP contribution in [-0.2, 0) is 14.4 Å². The van der Waals surface area contributed by atoms with Gasteiger partial charge in [0.25, 0.3) is 0 Å². The first-order chi connectivity index (χ1) is 20.8. The summed E-state index contributed by atoms with van der Waals surface area (Å²) in [5.41, 5.74) is 0.342. The Morgan fingerprint density at radius 2 is 1.68 bits per heavy atom. The molecule has 0 bridgehead atoms. The molecule has 1 unspecified atom stereocenters. The number of fused-ring (bicyclic) bond motifs is 2. The third kappa shape index (κ3) is 5.94. The van der Waals surface area contributed by atoms with E-state index in [1.165, 1.54) is 0 Å². The zero-order valence-corrected chi connectivity index (χ0v) is 27.9. The number of ether oxygens (including phenoxy) is 1. The van der Waals surface area contributed by atoms with E-state index in [-0.39, 0.29) is 35.0 Å². The van der Waals surface area contributed by atoms with Gasteiger partial charge >= 0.3 is 0 Å². The maximum absolute atomic E-state index is 14.8. The van der Waals surface area contributed by atoms with Crippen molar-refractivity contribution in [3.8, 4) is 5.75 Å². The highest BCUT2D eigenvalue weighted by Crippen LogP contribution is 2.61. The number of anilines is 1. The molecule has 9 heteroatoms. The summed E-state index contributed by atoms with van der Waals surface area (Å²) in [5.74, 6) is -0.716. The molecule has 2 saturated heterocycles. The van der Waals surface area contributed by atoms with E-state index in [1.807, 2.05) is 42.2 Å². The van der Waals surface area contributed by atoms with Crippen molar-refractivity contribution in [3.05, 3.63) is 48.6 Å². The van der Waals surface area contributed by atoms with Gasteiger partial charge in [-0.2, -0.15) is 0 Å². The summed E-state index contributed by atoms with van der Waals surface area (Å²) in [7, 11) is 0. The summed E-state index contributed by atoms with van der Waals surface area (Å²) >= 11 is 1.62. The first kappa shape index (κ1) is 32.6. The average Bonchev–Trinajstić information content (AvgIpc) is 3.25. The van der Waals surface area contributed by atoms with Gasteiger partial charge in [0.1, 0.15) is 11.8 Å². The SMILES string of the molecule is CCOc1ccc(N2CC=C[C@@H]3S[C@]45C=CCN(C(C)(C)CC(C)(C)C)C(=O)C4N(CCCCCO)C(=O)[C@@H]5[C@@H]3C2=O)cc1. The number of rotatable bonds is 10. The number of likely N-dealkylation sites (tertiary alicyclic amines) is 1. The molecular formula is C35H49N3O5S. The standard InChI is InChI=1S/C35H49N3O5S/c1-7-43-25-16-14-24(15-17-25)36-20-11-13-26-27(30(36)40)28-31(41)37(19-9-8-10-22-39)29-32(42)38(21-12-18-35(28,29)44-26)34(5,6)23-33(2,3)4/h11-18,26-29,39H,7-10,19-23H2,1-6H3/t26-,27+,28-,29?,35-/m0/s1. The Bertz CT molecular complexity index is 1300. The van der Waals surface area contributed by atoms with Crippen molar-refractivity contribution in [1.82, 2.24) is 9.80 Å². The number of hydrogen-bond donors (Lipinski definition) is 1. The van der Waals surface area contributed by atoms with E-state index >= 15 is 0 Å². The highest BCUT2D eigenvalue weighted by molar-refractivity contribution is 8.02. The minimum atomic E-state index is -0.838. The van der Waals surface area contributed by atoms with Crippen molar-refractivity contribution in [3.63, 3.8) is 0 Å². The highest BCUT2D eigenvalue weighted by Gasteiger charge is 2.71. The second-order valence-corrected chi connectivity index (χ2v) is 15.9. The molecule has 3 amide bonds. The van der Waals surface area contributed by atoms with Gasteiger partial charge in [0.05, 0.1) is 23.2 Å². The van der Waals surface area contributed by atoms with Gasteiger partial charge in [0, 0.05) is 42.7 Å². The smallest absolute Gasteiger partial charge is 0.247 e. The van der Waals surface area contributed by atoms with Crippen molar-refractivity contribution in [2.24, 2.45) is 17.3 Å². The number of unbranched alkanes of at least 4 members (excludes halogenated alkanes) is 2. The molecule has 4 aliphatic rings. The second-order valence-electron chi connectivity index (χ2n) is 14.4. The summed E-state index contributed by atoms with van der Waals surface area (Å²) in [6.45, 7) is 14.7. The molecule has 2 fully saturated rings. The largest absolute Gasteiger partial charge is 0.494 e. The predicted octanol–water partition coefficient (Wildman–Crippen LogP) is 5.06. The van der Waals surface area contributed by atoms with Crippen LogP contribution in [0.1, 0.15) is 67.2 Å². The van der Waals surface area contributed by atoms with Crippen LogP contribution in [0.25, 0.3) is 0 Å². The van der Waals surface area contributed by atoms with E-state index < -0.39 is 28.2 Å². The van der Waals surface area contributed by atoms with E-state index in [1.54, 1.807) is 21.6 Å². The van der Waals surface area contributed by atoms with E-state index in [0.717, 1.165) is 24.3 Å². The molecular weight excluding hydrogens is 574 g/mol. The Morgan fingerprint density at radius 3 is 2.34 bits per heavy atom. The minimum absolute atomic E-state index is 0.00629. The second kappa shape index (κ2) is 12.5. The molecule has 4 heterocycles. The first-order valence-electron chi connectivity index (χ1n) is 16.1. The quantitative estimate of drug-likeness (QED) is 0.290. The predicted molar refractivity (Wildman–Crippen MR) is 176 cm³/mol. The molecule has 1 aromatic rings. The van der Waals surface area contributed by atoms with Crippen molar-refractivity contribution in [2.45, 2.75) is 88.8 Å². The molecule has 1 N–H and O–H groups in total. The van der Waals surface area contributed by atoms with Crippen LogP contribution in [0.5, 0.6) is 5.75 Å². The van der Waals surface area contributed by atoms with Crippen molar-refractivity contribution in [2.75, 3.05) is 37.7 Å². The van der Waals surface area contributed by atoms with Gasteiger partial charge in [-0.25, -0.2) is 0 Å². The molecule has 0 aromatic heterocycles. The van der Waals surface area contributed by atoms with Gasteiger partial charge in [-0.15, -0.1) is 11.8 Å². The molecule has 44 heavy (non-hydrogen) atoms. The molecule has 5 atom stereocenters. The van der Waals surface area contributed by atoms with Gasteiger partial charge in [-0.3, -0.25) is 14.4 Å². The van der Waals surface area contributed by atoms with E-state index in [4.69, 9.17) is 4.74 Å². The van der Waals surface area contributed by atoms with Crippen LogP contribution < -0.4 is 9.64 Å². The number of carbonyl (C=O) groups is 3. The lowest BCUT2D eigenvalue weighted by Gasteiger charge is -2.44. The zero-order valence-electron chi connectivity index (χ0n) is 27.1. The number of amides is 3.